The molecule has 0 spiro atoms. The molecule has 2 atom stereocenters. The van der Waals surface area contributed by atoms with Gasteiger partial charge in [0.05, 0.1) is 6.10 Å². The summed E-state index contributed by atoms with van der Waals surface area (Å²) in [6.45, 7) is 2.35. The van der Waals surface area contributed by atoms with E-state index < -0.39 is 0 Å². The Hall–Kier alpha value is -0.150. The molecule has 2 nitrogen and oxygen atoms in total. The summed E-state index contributed by atoms with van der Waals surface area (Å²) in [6, 6.07) is 0.512. The fourth-order valence-electron chi connectivity index (χ4n) is 2.57. The number of hydrogen-bond donors (Lipinski definition) is 0. The van der Waals surface area contributed by atoms with Crippen LogP contribution in [0, 0.1) is 0 Å². The van der Waals surface area contributed by atoms with Gasteiger partial charge in [0, 0.05) is 19.2 Å². The Labute approximate surface area is 79.1 Å². The second kappa shape index (κ2) is 4.38. The van der Waals surface area contributed by atoms with Gasteiger partial charge in [-0.3, -0.25) is 4.90 Å². The Bertz CT molecular complexity index is 159. The van der Waals surface area contributed by atoms with Crippen LogP contribution in [0.15, 0.2) is 0 Å². The maximum atomic E-state index is 12.2. The van der Waals surface area contributed by atoms with Gasteiger partial charge in [0.25, 0.3) is 0 Å². The second-order valence-corrected chi connectivity index (χ2v) is 3.99. The predicted octanol–water partition coefficient (Wildman–Crippen LogP) is 1.60. The van der Waals surface area contributed by atoms with E-state index in [9.17, 15) is 4.39 Å². The molecular weight excluding hydrogens is 169 g/mol. The molecule has 2 aliphatic heterocycles. The first-order valence-corrected chi connectivity index (χ1v) is 5.33. The van der Waals surface area contributed by atoms with E-state index in [1.165, 1.54) is 25.7 Å². The van der Waals surface area contributed by atoms with Crippen molar-refractivity contribution in [3.8, 4) is 0 Å². The molecule has 13 heavy (non-hydrogen) atoms. The lowest BCUT2D eigenvalue weighted by Gasteiger charge is -2.27. The third kappa shape index (κ3) is 2.02. The normalized spacial score (nSPS) is 35.8. The highest BCUT2D eigenvalue weighted by Gasteiger charge is 2.33. The maximum Gasteiger partial charge on any atom is 0.102 e. The SMILES string of the molecule is FCCN1CCCC1C1CCCO1. The summed E-state index contributed by atoms with van der Waals surface area (Å²) < 4.78 is 17.9. The molecule has 0 N–H and O–H groups in total. The van der Waals surface area contributed by atoms with Crippen LogP contribution < -0.4 is 0 Å². The van der Waals surface area contributed by atoms with Crippen molar-refractivity contribution in [2.75, 3.05) is 26.4 Å². The van der Waals surface area contributed by atoms with Crippen LogP contribution in [0.3, 0.4) is 0 Å². The van der Waals surface area contributed by atoms with Crippen LogP contribution in [0.5, 0.6) is 0 Å². The molecule has 2 aliphatic rings. The minimum atomic E-state index is -0.219. The number of halogens is 1. The average Bonchev–Trinajstić information content (AvgIpc) is 2.71. The van der Waals surface area contributed by atoms with Crippen molar-refractivity contribution in [2.24, 2.45) is 0 Å². The third-order valence-corrected chi connectivity index (χ3v) is 3.18. The molecule has 0 radical (unpaired) electrons. The van der Waals surface area contributed by atoms with E-state index in [4.69, 9.17) is 4.74 Å². The largest absolute Gasteiger partial charge is 0.377 e. The van der Waals surface area contributed by atoms with Gasteiger partial charge < -0.3 is 4.74 Å². The Kier molecular flexibility index (Phi) is 3.17. The molecule has 2 saturated heterocycles. The van der Waals surface area contributed by atoms with Crippen molar-refractivity contribution in [2.45, 2.75) is 37.8 Å². The molecule has 0 amide bonds. The van der Waals surface area contributed by atoms with Gasteiger partial charge in [-0.25, -0.2) is 4.39 Å². The Morgan fingerprint density at radius 3 is 2.92 bits per heavy atom. The van der Waals surface area contributed by atoms with E-state index in [0.717, 1.165) is 13.2 Å². The van der Waals surface area contributed by atoms with Crippen LogP contribution in [-0.2, 0) is 4.74 Å². The van der Waals surface area contributed by atoms with Crippen LogP contribution in [0.2, 0.25) is 0 Å². The minimum absolute atomic E-state index is 0.219. The summed E-state index contributed by atoms with van der Waals surface area (Å²) in [5, 5.41) is 0. The molecular formula is C10H18FNO. The van der Waals surface area contributed by atoms with Gasteiger partial charge >= 0.3 is 0 Å². The van der Waals surface area contributed by atoms with Gasteiger partial charge in [0.1, 0.15) is 6.67 Å². The quantitative estimate of drug-likeness (QED) is 0.665. The Morgan fingerprint density at radius 2 is 2.23 bits per heavy atom. The van der Waals surface area contributed by atoms with E-state index in [1.807, 2.05) is 0 Å². The summed E-state index contributed by atoms with van der Waals surface area (Å²) in [4.78, 5) is 2.26. The van der Waals surface area contributed by atoms with E-state index in [1.54, 1.807) is 0 Å². The Balaban J connectivity index is 1.88. The molecule has 76 valence electrons. The second-order valence-electron chi connectivity index (χ2n) is 3.99. The summed E-state index contributed by atoms with van der Waals surface area (Å²) in [5.41, 5.74) is 0. The maximum absolute atomic E-state index is 12.2. The van der Waals surface area contributed by atoms with Crippen LogP contribution >= 0.6 is 0 Å². The molecule has 2 fully saturated rings. The van der Waals surface area contributed by atoms with Crippen LogP contribution in [0.4, 0.5) is 4.39 Å². The standard InChI is InChI=1S/C10H18FNO/c11-5-7-12-6-1-3-9(12)10-4-2-8-13-10/h9-10H,1-8H2. The zero-order valence-electron chi connectivity index (χ0n) is 8.04. The predicted molar refractivity (Wildman–Crippen MR) is 49.5 cm³/mol. The van der Waals surface area contributed by atoms with Gasteiger partial charge in [-0.05, 0) is 32.2 Å². The highest BCUT2D eigenvalue weighted by atomic mass is 19.1. The zero-order chi connectivity index (χ0) is 9.10. The van der Waals surface area contributed by atoms with Crippen molar-refractivity contribution in [3.05, 3.63) is 0 Å². The van der Waals surface area contributed by atoms with Gasteiger partial charge in [0.15, 0.2) is 0 Å². The van der Waals surface area contributed by atoms with E-state index >= 15 is 0 Å². The first kappa shape index (κ1) is 9.41. The zero-order valence-corrected chi connectivity index (χ0v) is 8.04. The van der Waals surface area contributed by atoms with Crippen molar-refractivity contribution in [1.82, 2.24) is 4.90 Å². The summed E-state index contributed by atoms with van der Waals surface area (Å²) in [5.74, 6) is 0. The summed E-state index contributed by atoms with van der Waals surface area (Å²) in [6.07, 6.45) is 5.17. The third-order valence-electron chi connectivity index (χ3n) is 3.18. The molecule has 0 saturated carbocycles. The molecule has 2 rings (SSSR count). The van der Waals surface area contributed by atoms with Crippen molar-refractivity contribution in [3.63, 3.8) is 0 Å². The highest BCUT2D eigenvalue weighted by molar-refractivity contribution is 4.87. The van der Waals surface area contributed by atoms with Crippen LogP contribution in [0.1, 0.15) is 25.7 Å². The monoisotopic (exact) mass is 187 g/mol. The number of alkyl halides is 1. The van der Waals surface area contributed by atoms with Gasteiger partial charge in [-0.15, -0.1) is 0 Å². The number of hydrogen-bond acceptors (Lipinski definition) is 2. The summed E-state index contributed by atoms with van der Waals surface area (Å²) >= 11 is 0. The molecule has 3 heteroatoms. The molecule has 0 aromatic heterocycles. The molecule has 0 aliphatic carbocycles. The van der Waals surface area contributed by atoms with Crippen molar-refractivity contribution < 1.29 is 9.13 Å². The van der Waals surface area contributed by atoms with Gasteiger partial charge in [0.2, 0.25) is 0 Å². The summed E-state index contributed by atoms with van der Waals surface area (Å²) in [7, 11) is 0. The molecule has 2 unspecified atom stereocenters. The molecule has 0 aromatic carbocycles. The lowest BCUT2D eigenvalue weighted by Crippen LogP contribution is -2.39. The number of rotatable bonds is 3. The van der Waals surface area contributed by atoms with Crippen molar-refractivity contribution >= 4 is 0 Å². The molecule has 0 bridgehead atoms. The topological polar surface area (TPSA) is 12.5 Å². The van der Waals surface area contributed by atoms with Crippen LogP contribution in [-0.4, -0.2) is 43.4 Å². The van der Waals surface area contributed by atoms with Crippen LogP contribution in [0.25, 0.3) is 0 Å². The van der Waals surface area contributed by atoms with E-state index in [0.29, 0.717) is 18.7 Å². The first-order valence-electron chi connectivity index (χ1n) is 5.33. The smallest absolute Gasteiger partial charge is 0.102 e. The average molecular weight is 187 g/mol. The number of likely N-dealkylation sites (tertiary alicyclic amines) is 1. The van der Waals surface area contributed by atoms with E-state index in [-0.39, 0.29) is 6.67 Å². The highest BCUT2D eigenvalue weighted by Crippen LogP contribution is 2.27. The number of nitrogens with zero attached hydrogens (tertiary/aromatic N) is 1. The fraction of sp³-hybridized carbons (Fsp3) is 1.00. The minimum Gasteiger partial charge on any atom is -0.377 e. The van der Waals surface area contributed by atoms with Gasteiger partial charge in [-0.2, -0.15) is 0 Å². The lowest BCUT2D eigenvalue weighted by molar-refractivity contribution is 0.0397. The van der Waals surface area contributed by atoms with Gasteiger partial charge in [-0.1, -0.05) is 0 Å². The molecule has 0 aromatic rings. The molecule has 2 heterocycles. The van der Waals surface area contributed by atoms with E-state index in [2.05, 4.69) is 4.90 Å². The Morgan fingerprint density at radius 1 is 1.31 bits per heavy atom. The lowest BCUT2D eigenvalue weighted by atomic mass is 10.1. The first-order chi connectivity index (χ1) is 6.42. The van der Waals surface area contributed by atoms with Crippen molar-refractivity contribution in [1.29, 1.82) is 0 Å². The fourth-order valence-corrected chi connectivity index (χ4v) is 2.57. The number of ether oxygens (including phenoxy) is 1.